The number of para-hydroxylation sites is 1. The van der Waals surface area contributed by atoms with Crippen molar-refractivity contribution in [2.45, 2.75) is 4.90 Å². The van der Waals surface area contributed by atoms with E-state index in [9.17, 15) is 0 Å². The number of hydrogen-bond donors (Lipinski definition) is 0. The van der Waals surface area contributed by atoms with Gasteiger partial charge in [0.2, 0.25) is 0 Å². The Labute approximate surface area is 162 Å². The van der Waals surface area contributed by atoms with Gasteiger partial charge in [-0.25, -0.2) is 4.99 Å². The topological polar surface area (TPSA) is 12.4 Å². The van der Waals surface area contributed by atoms with Gasteiger partial charge in [0.1, 0.15) is 5.04 Å². The third-order valence-electron chi connectivity index (χ3n) is 3.32. The highest BCUT2D eigenvalue weighted by molar-refractivity contribution is 8.14. The van der Waals surface area contributed by atoms with Crippen molar-refractivity contribution in [1.29, 1.82) is 0 Å². The predicted octanol–water partition coefficient (Wildman–Crippen LogP) is 7.53. The molecule has 0 amide bonds. The van der Waals surface area contributed by atoms with Crippen LogP contribution in [0.15, 0.2) is 94.8 Å². The van der Waals surface area contributed by atoms with E-state index in [1.165, 1.54) is 11.8 Å². The first-order chi connectivity index (χ1) is 12.2. The van der Waals surface area contributed by atoms with Gasteiger partial charge >= 0.3 is 0 Å². The van der Waals surface area contributed by atoms with Crippen molar-refractivity contribution in [1.82, 2.24) is 0 Å². The molecule has 0 aliphatic heterocycles. The van der Waals surface area contributed by atoms with E-state index >= 15 is 0 Å². The Morgan fingerprint density at radius 2 is 1.52 bits per heavy atom. The fourth-order valence-electron chi connectivity index (χ4n) is 2.12. The fraction of sp³-hybridized carbons (Fsp3) is 0. The van der Waals surface area contributed by atoms with Crippen molar-refractivity contribution in [2.75, 3.05) is 0 Å². The minimum Gasteiger partial charge on any atom is -0.242 e. The van der Waals surface area contributed by atoms with Gasteiger partial charge in [0.15, 0.2) is 0 Å². The summed E-state index contributed by atoms with van der Waals surface area (Å²) in [5.41, 5.74) is 2.00. The van der Waals surface area contributed by atoms with Crippen LogP contribution in [0, 0.1) is 0 Å². The van der Waals surface area contributed by atoms with Crippen molar-refractivity contribution in [3.8, 4) is 0 Å². The molecule has 0 unspecified atom stereocenters. The van der Waals surface area contributed by atoms with Crippen molar-refractivity contribution in [2.24, 2.45) is 4.99 Å². The van der Waals surface area contributed by atoms with Crippen molar-refractivity contribution < 1.29 is 0 Å². The number of aliphatic imine (C=N–C) groups is 1. The summed E-state index contributed by atoms with van der Waals surface area (Å²) < 4.78 is 0. The molecule has 0 aromatic heterocycles. The molecule has 4 heteroatoms. The largest absolute Gasteiger partial charge is 0.242 e. The Balaban J connectivity index is 1.93. The molecule has 3 aromatic carbocycles. The Bertz CT molecular complexity index is 890. The zero-order valence-corrected chi connectivity index (χ0v) is 15.6. The number of halogens is 2. The van der Waals surface area contributed by atoms with Gasteiger partial charge in [-0.2, -0.15) is 0 Å². The van der Waals surface area contributed by atoms with E-state index in [1.54, 1.807) is 12.1 Å². The molecule has 0 saturated carbocycles. The summed E-state index contributed by atoms with van der Waals surface area (Å²) >= 11 is 13.9. The van der Waals surface area contributed by atoms with Gasteiger partial charge in [-0.05, 0) is 42.0 Å². The van der Waals surface area contributed by atoms with Crippen molar-refractivity contribution >= 4 is 51.8 Å². The van der Waals surface area contributed by atoms with E-state index in [0.29, 0.717) is 10.0 Å². The maximum atomic E-state index is 6.30. The molecular formula is C21H15Cl2NS. The second-order valence-corrected chi connectivity index (χ2v) is 7.11. The SMILES string of the molecule is Clc1ccc(Cl)c(SC(C=Cc2ccccc2)=Nc2ccccc2)c1. The van der Waals surface area contributed by atoms with Gasteiger partial charge in [-0.3, -0.25) is 0 Å². The van der Waals surface area contributed by atoms with Gasteiger partial charge in [0, 0.05) is 9.92 Å². The van der Waals surface area contributed by atoms with Crippen molar-refractivity contribution in [3.63, 3.8) is 0 Å². The highest BCUT2D eigenvalue weighted by Gasteiger charge is 2.06. The number of nitrogens with zero attached hydrogens (tertiary/aromatic N) is 1. The number of thioether (sulfide) groups is 1. The normalized spacial score (nSPS) is 11.8. The fourth-order valence-corrected chi connectivity index (χ4v) is 3.46. The van der Waals surface area contributed by atoms with Crippen LogP contribution in [0.1, 0.15) is 5.56 Å². The minimum absolute atomic E-state index is 0.651. The monoisotopic (exact) mass is 383 g/mol. The number of rotatable bonds is 4. The molecule has 0 aliphatic carbocycles. The molecule has 1 nitrogen and oxygen atoms in total. The average Bonchev–Trinajstić information content (AvgIpc) is 2.64. The van der Waals surface area contributed by atoms with Crippen LogP contribution < -0.4 is 0 Å². The first-order valence-corrected chi connectivity index (χ1v) is 9.28. The highest BCUT2D eigenvalue weighted by Crippen LogP contribution is 2.32. The maximum Gasteiger partial charge on any atom is 0.101 e. The summed E-state index contributed by atoms with van der Waals surface area (Å²) in [5.74, 6) is 0. The lowest BCUT2D eigenvalue weighted by Crippen LogP contribution is -1.88. The minimum atomic E-state index is 0.651. The van der Waals surface area contributed by atoms with E-state index in [2.05, 4.69) is 0 Å². The third-order valence-corrected chi connectivity index (χ3v) is 4.99. The second kappa shape index (κ2) is 8.91. The Morgan fingerprint density at radius 3 is 2.24 bits per heavy atom. The lowest BCUT2D eigenvalue weighted by Gasteiger charge is -2.05. The predicted molar refractivity (Wildman–Crippen MR) is 111 cm³/mol. The zero-order valence-electron chi connectivity index (χ0n) is 13.3. The standard InChI is InChI=1S/C21H15Cl2NS/c22-17-12-13-19(23)20(15-17)25-21(24-18-9-5-2-6-10-18)14-11-16-7-3-1-4-8-16/h1-15H. The summed E-state index contributed by atoms with van der Waals surface area (Å²) in [7, 11) is 0. The molecule has 124 valence electrons. The molecule has 0 atom stereocenters. The van der Waals surface area contributed by atoms with E-state index in [-0.39, 0.29) is 0 Å². The van der Waals surface area contributed by atoms with E-state index < -0.39 is 0 Å². The number of hydrogen-bond acceptors (Lipinski definition) is 2. The van der Waals surface area contributed by atoms with E-state index in [0.717, 1.165) is 21.2 Å². The Morgan fingerprint density at radius 1 is 0.840 bits per heavy atom. The molecular weight excluding hydrogens is 369 g/mol. The maximum absolute atomic E-state index is 6.30. The van der Waals surface area contributed by atoms with E-state index in [1.807, 2.05) is 78.9 Å². The lowest BCUT2D eigenvalue weighted by atomic mass is 10.2. The summed E-state index contributed by atoms with van der Waals surface area (Å²) in [6.07, 6.45) is 4.03. The second-order valence-electron chi connectivity index (χ2n) is 5.21. The van der Waals surface area contributed by atoms with Crippen LogP contribution in [-0.2, 0) is 0 Å². The zero-order chi connectivity index (χ0) is 17.5. The molecule has 3 aromatic rings. The van der Waals surface area contributed by atoms with Crippen LogP contribution in [0.25, 0.3) is 6.08 Å². The first-order valence-electron chi connectivity index (χ1n) is 7.70. The summed E-state index contributed by atoms with van der Waals surface area (Å²) in [4.78, 5) is 5.61. The van der Waals surface area contributed by atoms with Crippen LogP contribution in [0.3, 0.4) is 0 Å². The molecule has 0 heterocycles. The van der Waals surface area contributed by atoms with Gasteiger partial charge in [0.25, 0.3) is 0 Å². The smallest absolute Gasteiger partial charge is 0.101 e. The van der Waals surface area contributed by atoms with Gasteiger partial charge in [0.05, 0.1) is 10.7 Å². The molecule has 0 bridgehead atoms. The van der Waals surface area contributed by atoms with Crippen LogP contribution >= 0.6 is 35.0 Å². The number of benzene rings is 3. The van der Waals surface area contributed by atoms with Crippen LogP contribution in [0.2, 0.25) is 10.0 Å². The Kier molecular flexibility index (Phi) is 6.35. The van der Waals surface area contributed by atoms with Gasteiger partial charge < -0.3 is 0 Å². The van der Waals surface area contributed by atoms with Crippen LogP contribution in [0.4, 0.5) is 5.69 Å². The third kappa shape index (κ3) is 5.50. The van der Waals surface area contributed by atoms with Gasteiger partial charge in [-0.1, -0.05) is 89.6 Å². The molecule has 0 radical (unpaired) electrons. The molecule has 0 aliphatic rings. The summed E-state index contributed by atoms with van der Waals surface area (Å²) in [5, 5.41) is 2.14. The highest BCUT2D eigenvalue weighted by atomic mass is 35.5. The van der Waals surface area contributed by atoms with Crippen molar-refractivity contribution in [3.05, 3.63) is 101 Å². The summed E-state index contributed by atoms with van der Waals surface area (Å²) in [6, 6.07) is 25.4. The molecule has 25 heavy (non-hydrogen) atoms. The summed E-state index contributed by atoms with van der Waals surface area (Å²) in [6.45, 7) is 0. The molecule has 0 N–H and O–H groups in total. The van der Waals surface area contributed by atoms with E-state index in [4.69, 9.17) is 28.2 Å². The van der Waals surface area contributed by atoms with Gasteiger partial charge in [-0.15, -0.1) is 0 Å². The first kappa shape index (κ1) is 17.8. The lowest BCUT2D eigenvalue weighted by molar-refractivity contribution is 1.47. The molecule has 0 fully saturated rings. The van der Waals surface area contributed by atoms with Crippen LogP contribution in [-0.4, -0.2) is 5.04 Å². The molecule has 0 saturated heterocycles. The average molecular weight is 384 g/mol. The Hall–Kier alpha value is -2.00. The quantitative estimate of drug-likeness (QED) is 0.257. The molecule has 3 rings (SSSR count). The van der Waals surface area contributed by atoms with Crippen LogP contribution in [0.5, 0.6) is 0 Å². The molecule has 0 spiro atoms.